The zero-order valence-corrected chi connectivity index (χ0v) is 9.41. The number of rotatable bonds is 6. The number of hydrogen-bond acceptors (Lipinski definition) is 5. The van der Waals surface area contributed by atoms with Crippen LogP contribution in [0.3, 0.4) is 0 Å². The second kappa shape index (κ2) is 5.79. The Morgan fingerprint density at radius 3 is 2.82 bits per heavy atom. The van der Waals surface area contributed by atoms with Gasteiger partial charge in [-0.2, -0.15) is 0 Å². The molecule has 0 radical (unpaired) electrons. The van der Waals surface area contributed by atoms with E-state index in [1.54, 1.807) is 12.1 Å². The predicted molar refractivity (Wildman–Crippen MR) is 58.2 cm³/mol. The van der Waals surface area contributed by atoms with Crippen molar-refractivity contribution >= 4 is 0 Å². The highest BCUT2D eigenvalue weighted by atomic mass is 16.7. The van der Waals surface area contributed by atoms with Crippen LogP contribution < -0.4 is 0 Å². The molecule has 0 N–H and O–H groups in total. The molecule has 1 atom stereocenters. The Morgan fingerprint density at radius 2 is 2.24 bits per heavy atom. The standard InChI is InChI=1S/C11H15NO5/c13-12(14)8-9(10-2-1-5-15-10)3-4-11-16-6-7-17-11/h1-2,5,9,11H,3-4,6-8H2. The molecule has 1 aromatic rings. The molecule has 0 aliphatic carbocycles. The second-order valence-electron chi connectivity index (χ2n) is 3.98. The summed E-state index contributed by atoms with van der Waals surface area (Å²) in [5.74, 6) is 0.437. The quantitative estimate of drug-likeness (QED) is 0.560. The van der Waals surface area contributed by atoms with Crippen LogP contribution in [0.2, 0.25) is 0 Å². The van der Waals surface area contributed by atoms with Gasteiger partial charge in [-0.1, -0.05) is 0 Å². The van der Waals surface area contributed by atoms with Crippen LogP contribution in [0.15, 0.2) is 22.8 Å². The van der Waals surface area contributed by atoms with E-state index in [2.05, 4.69) is 0 Å². The van der Waals surface area contributed by atoms with Gasteiger partial charge in [-0.25, -0.2) is 0 Å². The molecule has 6 nitrogen and oxygen atoms in total. The van der Waals surface area contributed by atoms with Gasteiger partial charge in [0.15, 0.2) is 6.29 Å². The molecule has 1 unspecified atom stereocenters. The van der Waals surface area contributed by atoms with E-state index in [4.69, 9.17) is 13.9 Å². The minimum Gasteiger partial charge on any atom is -0.469 e. The Morgan fingerprint density at radius 1 is 1.47 bits per heavy atom. The van der Waals surface area contributed by atoms with E-state index in [9.17, 15) is 10.1 Å². The maximum Gasteiger partial charge on any atom is 0.213 e. The summed E-state index contributed by atoms with van der Waals surface area (Å²) >= 11 is 0. The first-order valence-electron chi connectivity index (χ1n) is 5.64. The Kier molecular flexibility index (Phi) is 4.11. The van der Waals surface area contributed by atoms with Gasteiger partial charge in [0.25, 0.3) is 0 Å². The molecule has 17 heavy (non-hydrogen) atoms. The lowest BCUT2D eigenvalue weighted by atomic mass is 10.0. The summed E-state index contributed by atoms with van der Waals surface area (Å²) in [7, 11) is 0. The Labute approximate surface area is 98.7 Å². The first-order valence-corrected chi connectivity index (χ1v) is 5.64. The fourth-order valence-electron chi connectivity index (χ4n) is 1.94. The Bertz CT molecular complexity index is 345. The molecule has 0 spiro atoms. The smallest absolute Gasteiger partial charge is 0.213 e. The van der Waals surface area contributed by atoms with Gasteiger partial charge in [-0.15, -0.1) is 0 Å². The van der Waals surface area contributed by atoms with Crippen LogP contribution in [0.5, 0.6) is 0 Å². The van der Waals surface area contributed by atoms with Crippen molar-refractivity contribution in [3.63, 3.8) is 0 Å². The molecule has 1 fully saturated rings. The van der Waals surface area contributed by atoms with Crippen molar-refractivity contribution in [2.75, 3.05) is 19.8 Å². The summed E-state index contributed by atoms with van der Waals surface area (Å²) in [6.07, 6.45) is 2.59. The van der Waals surface area contributed by atoms with Crippen molar-refractivity contribution in [2.24, 2.45) is 0 Å². The van der Waals surface area contributed by atoms with E-state index in [0.29, 0.717) is 31.8 Å². The van der Waals surface area contributed by atoms with E-state index in [1.807, 2.05) is 0 Å². The molecular formula is C11H15NO5. The number of nitro groups is 1. The highest BCUT2D eigenvalue weighted by Gasteiger charge is 2.24. The predicted octanol–water partition coefficient (Wildman–Crippen LogP) is 1.79. The first kappa shape index (κ1) is 12.1. The molecule has 1 aromatic heterocycles. The van der Waals surface area contributed by atoms with Crippen LogP contribution in [0.25, 0.3) is 0 Å². The van der Waals surface area contributed by atoms with E-state index < -0.39 is 0 Å². The van der Waals surface area contributed by atoms with Crippen molar-refractivity contribution in [3.8, 4) is 0 Å². The molecule has 94 valence electrons. The summed E-state index contributed by atoms with van der Waals surface area (Å²) in [6, 6.07) is 3.51. The van der Waals surface area contributed by atoms with Crippen LogP contribution in [-0.4, -0.2) is 31.0 Å². The van der Waals surface area contributed by atoms with Crippen LogP contribution in [0.1, 0.15) is 24.5 Å². The fourth-order valence-corrected chi connectivity index (χ4v) is 1.94. The molecule has 2 heterocycles. The first-order chi connectivity index (χ1) is 8.25. The molecule has 1 aliphatic heterocycles. The SMILES string of the molecule is O=[N+]([O-])CC(CCC1OCCO1)c1ccco1. The van der Waals surface area contributed by atoms with E-state index in [-0.39, 0.29) is 23.7 Å². The Balaban J connectivity index is 1.88. The van der Waals surface area contributed by atoms with Gasteiger partial charge in [0, 0.05) is 4.92 Å². The van der Waals surface area contributed by atoms with E-state index in [0.717, 1.165) is 0 Å². The summed E-state index contributed by atoms with van der Waals surface area (Å²) < 4.78 is 15.8. The molecule has 0 aromatic carbocycles. The summed E-state index contributed by atoms with van der Waals surface area (Å²) in [5.41, 5.74) is 0. The normalized spacial score (nSPS) is 18.4. The fraction of sp³-hybridized carbons (Fsp3) is 0.636. The second-order valence-corrected chi connectivity index (χ2v) is 3.98. The average Bonchev–Trinajstić information content (AvgIpc) is 2.96. The van der Waals surface area contributed by atoms with Crippen molar-refractivity contribution in [1.82, 2.24) is 0 Å². The molecule has 0 bridgehead atoms. The molecule has 0 saturated carbocycles. The maximum atomic E-state index is 10.6. The van der Waals surface area contributed by atoms with Crippen LogP contribution >= 0.6 is 0 Å². The number of furan rings is 1. The minimum atomic E-state index is -0.316. The van der Waals surface area contributed by atoms with Gasteiger partial charge < -0.3 is 13.9 Å². The van der Waals surface area contributed by atoms with Gasteiger partial charge in [-0.05, 0) is 25.0 Å². The van der Waals surface area contributed by atoms with Gasteiger partial charge in [0.05, 0.1) is 25.4 Å². The lowest BCUT2D eigenvalue weighted by Crippen LogP contribution is -2.15. The summed E-state index contributed by atoms with van der Waals surface area (Å²) in [4.78, 5) is 10.3. The van der Waals surface area contributed by atoms with Gasteiger partial charge >= 0.3 is 0 Å². The van der Waals surface area contributed by atoms with Gasteiger partial charge in [-0.3, -0.25) is 10.1 Å². The van der Waals surface area contributed by atoms with Gasteiger partial charge in [0.2, 0.25) is 6.54 Å². The average molecular weight is 241 g/mol. The van der Waals surface area contributed by atoms with Crippen molar-refractivity contribution in [2.45, 2.75) is 25.0 Å². The lowest BCUT2D eigenvalue weighted by Gasteiger charge is -2.13. The summed E-state index contributed by atoms with van der Waals surface area (Å²) in [5, 5.41) is 10.6. The zero-order valence-electron chi connectivity index (χ0n) is 9.41. The molecular weight excluding hydrogens is 226 g/mol. The lowest BCUT2D eigenvalue weighted by molar-refractivity contribution is -0.484. The van der Waals surface area contributed by atoms with E-state index in [1.165, 1.54) is 6.26 Å². The number of hydrogen-bond donors (Lipinski definition) is 0. The van der Waals surface area contributed by atoms with Crippen molar-refractivity contribution in [1.29, 1.82) is 0 Å². The molecule has 2 rings (SSSR count). The van der Waals surface area contributed by atoms with Gasteiger partial charge in [0.1, 0.15) is 5.76 Å². The van der Waals surface area contributed by atoms with E-state index >= 15 is 0 Å². The van der Waals surface area contributed by atoms with Crippen LogP contribution in [0.4, 0.5) is 0 Å². The largest absolute Gasteiger partial charge is 0.469 e. The zero-order chi connectivity index (χ0) is 12.1. The molecule has 6 heteroatoms. The summed E-state index contributed by atoms with van der Waals surface area (Å²) in [6.45, 7) is 1.08. The van der Waals surface area contributed by atoms with Crippen molar-refractivity contribution in [3.05, 3.63) is 34.3 Å². The van der Waals surface area contributed by atoms with Crippen molar-refractivity contribution < 1.29 is 18.8 Å². The maximum absolute atomic E-state index is 10.6. The third kappa shape index (κ3) is 3.54. The number of nitrogens with zero attached hydrogens (tertiary/aromatic N) is 1. The highest BCUT2D eigenvalue weighted by Crippen LogP contribution is 2.24. The topological polar surface area (TPSA) is 74.7 Å². The molecule has 0 amide bonds. The molecule has 1 aliphatic rings. The third-order valence-electron chi connectivity index (χ3n) is 2.76. The minimum absolute atomic E-state index is 0.125. The molecule has 1 saturated heterocycles. The monoisotopic (exact) mass is 241 g/mol. The van der Waals surface area contributed by atoms with Crippen LogP contribution in [0, 0.1) is 10.1 Å². The highest BCUT2D eigenvalue weighted by molar-refractivity contribution is 5.05. The van der Waals surface area contributed by atoms with Crippen LogP contribution in [-0.2, 0) is 9.47 Å². The third-order valence-corrected chi connectivity index (χ3v) is 2.76. The Hall–Kier alpha value is -1.40. The number of ether oxygens (including phenoxy) is 2.